The summed E-state index contributed by atoms with van der Waals surface area (Å²) in [6, 6.07) is 0. The lowest BCUT2D eigenvalue weighted by Gasteiger charge is -1.86. The Morgan fingerprint density at radius 3 is 3.00 bits per heavy atom. The Kier molecular flexibility index (Phi) is 1.81. The van der Waals surface area contributed by atoms with E-state index in [2.05, 4.69) is 10.3 Å². The molecule has 0 unspecified atom stereocenters. The zero-order valence-electron chi connectivity index (χ0n) is 8.89. The molecule has 82 valence electrons. The van der Waals surface area contributed by atoms with Crippen LogP contribution in [-0.2, 0) is 7.05 Å². The SMILES string of the molecule is Cc1sc2c(-c3cnn(C)c3)noc2c1N. The number of hydrogen-bond donors (Lipinski definition) is 1. The van der Waals surface area contributed by atoms with Crippen molar-refractivity contribution in [3.05, 3.63) is 17.3 Å². The van der Waals surface area contributed by atoms with E-state index >= 15 is 0 Å². The fourth-order valence-corrected chi connectivity index (χ4v) is 2.64. The molecule has 0 aliphatic rings. The standard InChI is InChI=1S/C10H10N4OS/c1-5-7(11)9-10(16-5)8(13-15-9)6-3-12-14(2)4-6/h3-4H,11H2,1-2H3. The molecule has 3 heterocycles. The normalized spacial score (nSPS) is 11.4. The Hall–Kier alpha value is -1.82. The van der Waals surface area contributed by atoms with Gasteiger partial charge in [0.2, 0.25) is 5.58 Å². The predicted octanol–water partition coefficient (Wildman–Crippen LogP) is 2.18. The number of anilines is 1. The number of hydrogen-bond acceptors (Lipinski definition) is 5. The second-order valence-electron chi connectivity index (χ2n) is 3.66. The van der Waals surface area contributed by atoms with Crippen LogP contribution >= 0.6 is 11.3 Å². The molecular weight excluding hydrogens is 224 g/mol. The van der Waals surface area contributed by atoms with E-state index in [4.69, 9.17) is 10.3 Å². The fourth-order valence-electron chi connectivity index (χ4n) is 1.64. The molecule has 16 heavy (non-hydrogen) atoms. The number of nitrogen functional groups attached to an aromatic ring is 1. The first-order chi connectivity index (χ1) is 7.66. The minimum absolute atomic E-state index is 0.682. The number of aryl methyl sites for hydroxylation is 2. The van der Waals surface area contributed by atoms with Crippen molar-refractivity contribution >= 4 is 27.3 Å². The van der Waals surface area contributed by atoms with E-state index in [1.54, 1.807) is 22.2 Å². The van der Waals surface area contributed by atoms with E-state index in [1.165, 1.54) is 0 Å². The quantitative estimate of drug-likeness (QED) is 0.700. The highest BCUT2D eigenvalue weighted by Crippen LogP contribution is 2.38. The number of nitrogens with zero attached hydrogens (tertiary/aromatic N) is 3. The van der Waals surface area contributed by atoms with Crippen LogP contribution in [0.2, 0.25) is 0 Å². The van der Waals surface area contributed by atoms with Gasteiger partial charge >= 0.3 is 0 Å². The Morgan fingerprint density at radius 2 is 2.31 bits per heavy atom. The summed E-state index contributed by atoms with van der Waals surface area (Å²) in [5.74, 6) is 0. The predicted molar refractivity (Wildman–Crippen MR) is 63.2 cm³/mol. The molecule has 0 aromatic carbocycles. The van der Waals surface area contributed by atoms with Gasteiger partial charge in [-0.15, -0.1) is 11.3 Å². The van der Waals surface area contributed by atoms with Crippen LogP contribution in [0.3, 0.4) is 0 Å². The van der Waals surface area contributed by atoms with Crippen LogP contribution < -0.4 is 5.73 Å². The van der Waals surface area contributed by atoms with Gasteiger partial charge < -0.3 is 10.3 Å². The van der Waals surface area contributed by atoms with Gasteiger partial charge in [-0.1, -0.05) is 5.16 Å². The molecule has 0 spiro atoms. The average Bonchev–Trinajstić information content (AvgIpc) is 2.88. The van der Waals surface area contributed by atoms with Crippen LogP contribution in [0.5, 0.6) is 0 Å². The van der Waals surface area contributed by atoms with E-state index < -0.39 is 0 Å². The van der Waals surface area contributed by atoms with Gasteiger partial charge in [0, 0.05) is 23.7 Å². The Bertz CT molecular complexity index is 664. The van der Waals surface area contributed by atoms with Crippen LogP contribution in [-0.4, -0.2) is 14.9 Å². The highest BCUT2D eigenvalue weighted by Gasteiger charge is 2.17. The molecule has 0 bridgehead atoms. The molecular formula is C10H10N4OS. The molecule has 5 nitrogen and oxygen atoms in total. The van der Waals surface area contributed by atoms with Crippen LogP contribution in [0.4, 0.5) is 5.69 Å². The van der Waals surface area contributed by atoms with Crippen molar-refractivity contribution in [3.63, 3.8) is 0 Å². The topological polar surface area (TPSA) is 69.9 Å². The minimum atomic E-state index is 0.682. The Labute approximate surface area is 95.5 Å². The van der Waals surface area contributed by atoms with Crippen molar-refractivity contribution in [2.24, 2.45) is 7.05 Å². The summed E-state index contributed by atoms with van der Waals surface area (Å²) in [5, 5.41) is 8.16. The van der Waals surface area contributed by atoms with Gasteiger partial charge in [-0.3, -0.25) is 4.68 Å². The minimum Gasteiger partial charge on any atom is -0.395 e. The largest absolute Gasteiger partial charge is 0.395 e. The number of fused-ring (bicyclic) bond motifs is 1. The summed E-state index contributed by atoms with van der Waals surface area (Å²) in [4.78, 5) is 1.06. The zero-order valence-corrected chi connectivity index (χ0v) is 9.71. The first kappa shape index (κ1) is 9.41. The monoisotopic (exact) mass is 234 g/mol. The molecule has 0 amide bonds. The lowest BCUT2D eigenvalue weighted by atomic mass is 10.2. The van der Waals surface area contributed by atoms with Gasteiger partial charge in [0.25, 0.3) is 0 Å². The maximum Gasteiger partial charge on any atom is 0.201 e. The van der Waals surface area contributed by atoms with E-state index in [9.17, 15) is 0 Å². The van der Waals surface area contributed by atoms with E-state index in [1.807, 2.05) is 20.2 Å². The summed E-state index contributed by atoms with van der Waals surface area (Å²) in [5.41, 5.74) is 9.02. The summed E-state index contributed by atoms with van der Waals surface area (Å²) < 4.78 is 7.99. The summed E-state index contributed by atoms with van der Waals surface area (Å²) >= 11 is 1.60. The lowest BCUT2D eigenvalue weighted by Crippen LogP contribution is -1.84. The first-order valence-corrected chi connectivity index (χ1v) is 5.61. The maximum absolute atomic E-state index is 5.89. The van der Waals surface area contributed by atoms with Crippen molar-refractivity contribution < 1.29 is 4.52 Å². The second-order valence-corrected chi connectivity index (χ2v) is 4.89. The fraction of sp³-hybridized carbons (Fsp3) is 0.200. The molecule has 0 saturated carbocycles. The van der Waals surface area contributed by atoms with Gasteiger partial charge in [0.15, 0.2) is 0 Å². The molecule has 3 aromatic rings. The van der Waals surface area contributed by atoms with Crippen molar-refractivity contribution in [1.29, 1.82) is 0 Å². The van der Waals surface area contributed by atoms with Crippen molar-refractivity contribution in [2.45, 2.75) is 6.92 Å². The third-order valence-electron chi connectivity index (χ3n) is 2.51. The van der Waals surface area contributed by atoms with Crippen LogP contribution in [0, 0.1) is 6.92 Å². The molecule has 6 heteroatoms. The Balaban J connectivity index is 2.28. The van der Waals surface area contributed by atoms with Crippen molar-refractivity contribution in [3.8, 4) is 11.3 Å². The highest BCUT2D eigenvalue weighted by molar-refractivity contribution is 7.20. The van der Waals surface area contributed by atoms with E-state index in [-0.39, 0.29) is 0 Å². The highest BCUT2D eigenvalue weighted by atomic mass is 32.1. The maximum atomic E-state index is 5.89. The van der Waals surface area contributed by atoms with Crippen molar-refractivity contribution in [1.82, 2.24) is 14.9 Å². The molecule has 0 aliphatic heterocycles. The number of nitrogens with two attached hydrogens (primary N) is 1. The first-order valence-electron chi connectivity index (χ1n) is 4.80. The van der Waals surface area contributed by atoms with Crippen molar-refractivity contribution in [2.75, 3.05) is 5.73 Å². The van der Waals surface area contributed by atoms with Crippen LogP contribution in [0.15, 0.2) is 16.9 Å². The van der Waals surface area contributed by atoms with Gasteiger partial charge in [-0.05, 0) is 6.92 Å². The molecule has 0 saturated heterocycles. The Morgan fingerprint density at radius 1 is 1.50 bits per heavy atom. The van der Waals surface area contributed by atoms with E-state index in [0.717, 1.165) is 20.8 Å². The molecule has 3 rings (SSSR count). The van der Waals surface area contributed by atoms with Gasteiger partial charge in [-0.2, -0.15) is 5.10 Å². The number of rotatable bonds is 1. The third kappa shape index (κ3) is 1.16. The summed E-state index contributed by atoms with van der Waals surface area (Å²) in [6.45, 7) is 1.97. The van der Waals surface area contributed by atoms with Gasteiger partial charge in [-0.25, -0.2) is 0 Å². The molecule has 0 aliphatic carbocycles. The average molecular weight is 234 g/mol. The second kappa shape index (κ2) is 3.08. The summed E-state index contributed by atoms with van der Waals surface area (Å²) in [6.07, 6.45) is 3.67. The summed E-state index contributed by atoms with van der Waals surface area (Å²) in [7, 11) is 1.87. The molecule has 3 aromatic heterocycles. The molecule has 2 N–H and O–H groups in total. The van der Waals surface area contributed by atoms with Crippen LogP contribution in [0.25, 0.3) is 21.5 Å². The molecule has 0 atom stereocenters. The number of thiophene rings is 1. The smallest absolute Gasteiger partial charge is 0.201 e. The van der Waals surface area contributed by atoms with Crippen LogP contribution in [0.1, 0.15) is 4.88 Å². The van der Waals surface area contributed by atoms with E-state index in [0.29, 0.717) is 11.3 Å². The molecule has 0 fully saturated rings. The lowest BCUT2D eigenvalue weighted by molar-refractivity contribution is 0.460. The van der Waals surface area contributed by atoms with Gasteiger partial charge in [0.05, 0.1) is 11.9 Å². The third-order valence-corrected chi connectivity index (χ3v) is 3.62. The molecule has 0 radical (unpaired) electrons. The number of aromatic nitrogens is 3. The van der Waals surface area contributed by atoms with Gasteiger partial charge in [0.1, 0.15) is 10.4 Å². The zero-order chi connectivity index (χ0) is 11.3.